The third-order valence-corrected chi connectivity index (χ3v) is 14.8. The van der Waals surface area contributed by atoms with Gasteiger partial charge in [0.15, 0.2) is 0 Å². The Hall–Kier alpha value is -8.47. The van der Waals surface area contributed by atoms with Gasteiger partial charge in [-0.05, 0) is 110 Å². The van der Waals surface area contributed by atoms with Gasteiger partial charge < -0.3 is 130 Å². The average molecular weight is 1410 g/mol. The van der Waals surface area contributed by atoms with Crippen molar-refractivity contribution in [2.75, 3.05) is 19.6 Å². The smallest absolute Gasteiger partial charge is 0.326 e. The first-order chi connectivity index (χ1) is 45.7. The van der Waals surface area contributed by atoms with E-state index in [1.165, 1.54) is 13.8 Å². The van der Waals surface area contributed by atoms with E-state index in [4.69, 9.17) is 51.6 Å². The number of carbonyl (C=O) groups excluding carboxylic acids is 13. The second-order valence-electron chi connectivity index (χ2n) is 23.7. The molecule has 1 aliphatic rings. The Morgan fingerprint density at radius 1 is 0.398 bits per heavy atom. The maximum Gasteiger partial charge on any atom is 0.326 e. The van der Waals surface area contributed by atoms with Crippen molar-refractivity contribution in [3.05, 3.63) is 0 Å². The molecule has 0 saturated carbocycles. The van der Waals surface area contributed by atoms with Gasteiger partial charge in [0.1, 0.15) is 85.5 Å². The number of amides is 13. The van der Waals surface area contributed by atoms with Crippen LogP contribution in [-0.2, 0) is 71.9 Å². The van der Waals surface area contributed by atoms with Gasteiger partial charge in [0, 0.05) is 19.3 Å². The minimum Gasteiger partial charge on any atom is -0.481 e. The number of nitrogens with one attached hydrogen (secondary N) is 14. The molecular weight excluding hydrogens is 1300 g/mol. The van der Waals surface area contributed by atoms with Gasteiger partial charge in [-0.25, -0.2) is 4.79 Å². The van der Waals surface area contributed by atoms with Crippen LogP contribution >= 0.6 is 0 Å². The van der Waals surface area contributed by atoms with Crippen molar-refractivity contribution in [3.8, 4) is 0 Å². The number of nitrogens with two attached hydrogens (primary N) is 9. The second kappa shape index (κ2) is 45.2. The van der Waals surface area contributed by atoms with Crippen molar-refractivity contribution in [2.45, 2.75) is 228 Å². The van der Waals surface area contributed by atoms with Gasteiger partial charge in [-0.15, -0.1) is 0 Å². The van der Waals surface area contributed by atoms with Gasteiger partial charge in [0.2, 0.25) is 76.8 Å². The topological polar surface area (TPSA) is 760 Å². The minimum absolute atomic E-state index is 0.0132. The molecule has 1 rings (SSSR count). The first-order valence-electron chi connectivity index (χ1n) is 31.6. The Labute approximate surface area is 564 Å². The molecule has 558 valence electrons. The molecule has 0 radical (unpaired) electrons. The third-order valence-electron chi connectivity index (χ3n) is 14.8. The molecule has 37 N–H and O–H groups in total. The van der Waals surface area contributed by atoms with Crippen molar-refractivity contribution in [1.82, 2.24) is 74.4 Å². The zero-order chi connectivity index (χ0) is 74.7. The van der Waals surface area contributed by atoms with Crippen LogP contribution in [0.3, 0.4) is 0 Å². The Balaban J connectivity index is 3.75. The van der Waals surface area contributed by atoms with Crippen molar-refractivity contribution < 1.29 is 97.5 Å². The summed E-state index contributed by atoms with van der Waals surface area (Å²) in [5.41, 5.74) is 49.8. The second-order valence-corrected chi connectivity index (χ2v) is 23.7. The summed E-state index contributed by atoms with van der Waals surface area (Å²) in [6.07, 6.45) is -12.6. The van der Waals surface area contributed by atoms with Crippen molar-refractivity contribution >= 4 is 88.7 Å². The van der Waals surface area contributed by atoms with Crippen molar-refractivity contribution in [1.29, 1.82) is 0 Å². The van der Waals surface area contributed by atoms with Crippen LogP contribution in [0.2, 0.25) is 0 Å². The van der Waals surface area contributed by atoms with Gasteiger partial charge in [-0.3, -0.25) is 88.4 Å². The van der Waals surface area contributed by atoms with E-state index >= 15 is 0 Å². The number of aliphatic carboxylic acids is 2. The summed E-state index contributed by atoms with van der Waals surface area (Å²) in [5, 5.41) is 84.8. The zero-order valence-corrected chi connectivity index (χ0v) is 55.2. The predicted octanol–water partition coefficient (Wildman–Crippen LogP) is -13.6. The maximum absolute atomic E-state index is 14.5. The summed E-state index contributed by atoms with van der Waals surface area (Å²) >= 11 is 0. The first-order valence-corrected chi connectivity index (χ1v) is 31.6. The third kappa shape index (κ3) is 35.2. The van der Waals surface area contributed by atoms with E-state index in [0.717, 1.165) is 13.8 Å². The van der Waals surface area contributed by atoms with Crippen LogP contribution in [0.25, 0.3) is 0 Å². The standard InChI is InChI=1S/C55H103N23O20/c1-23(2)39(52(97)98)76-47(92)31(12-16-35(57)82)74-51(96)41(25(4)80)78-48(93)32(14-18-38(85)86)72-49(94)33(22-36(58)83)75-43(88)26(8-5-19-65-53(59)60)69-45(90)30(11-15-34(56)81)71-42(87)27(9-6-20-66-54(61)62)73-50(95)40(24(3)79)77-46(91)28(10-7-21-67-55(63)64)70-44(89)29-13-17-37(84)68-29/h23-33,37,39-41,53-55,65-68,79-80,84H,5-22,59-64H2,1-4H3,(H2,56,81)(H2,57,82)(H2,58,83)(H,69,90)(H,70,89)(H,71,87)(H,72,94)(H,73,95)(H,74,96)(H,75,88)(H,76,92)(H,77,91)(H,78,93)(H,85,86)(H,97,98)/t24-,25-,26+,27+,28+,29+,30+,31+,32+,33+,37+,39+,40+,41+/m1/s1. The molecule has 13 amide bonds. The maximum atomic E-state index is 14.5. The molecule has 0 aliphatic carbocycles. The van der Waals surface area contributed by atoms with Gasteiger partial charge in [-0.1, -0.05) is 13.8 Å². The molecule has 0 aromatic carbocycles. The summed E-state index contributed by atoms with van der Waals surface area (Å²) in [5.74, 6) is -18.5. The molecule has 0 bridgehead atoms. The number of rotatable bonds is 50. The largest absolute Gasteiger partial charge is 0.481 e. The highest BCUT2D eigenvalue weighted by atomic mass is 16.4. The van der Waals surface area contributed by atoms with Gasteiger partial charge in [-0.2, -0.15) is 0 Å². The molecule has 0 spiro atoms. The van der Waals surface area contributed by atoms with E-state index in [1.54, 1.807) is 0 Å². The fraction of sp³-hybridized carbons (Fsp3) is 0.727. The number of carbonyl (C=O) groups is 15. The lowest BCUT2D eigenvalue weighted by atomic mass is 10.0. The molecular formula is C55H103N23O20. The van der Waals surface area contributed by atoms with Crippen molar-refractivity contribution in [3.63, 3.8) is 0 Å². The first kappa shape index (κ1) is 87.5. The molecule has 43 heteroatoms. The summed E-state index contributed by atoms with van der Waals surface area (Å²) in [6, 6.07) is -18.6. The zero-order valence-electron chi connectivity index (χ0n) is 55.2. The number of aliphatic hydroxyl groups excluding tert-OH is 3. The quantitative estimate of drug-likeness (QED) is 0.0199. The Morgan fingerprint density at radius 3 is 1.00 bits per heavy atom. The fourth-order valence-corrected chi connectivity index (χ4v) is 9.49. The lowest BCUT2D eigenvalue weighted by Gasteiger charge is -2.29. The number of primary amides is 3. The number of aliphatic hydroxyl groups is 3. The van der Waals surface area contributed by atoms with Crippen LogP contribution in [-0.4, -0.2) is 238 Å². The molecule has 1 aliphatic heterocycles. The highest BCUT2D eigenvalue weighted by Gasteiger charge is 2.39. The fourth-order valence-electron chi connectivity index (χ4n) is 9.49. The number of hydrogen-bond acceptors (Lipinski definition) is 28. The molecule has 14 atom stereocenters. The van der Waals surface area contributed by atoms with E-state index < -0.39 is 243 Å². The molecule has 0 aromatic rings. The summed E-state index contributed by atoms with van der Waals surface area (Å²) in [6.45, 7) is 5.21. The molecule has 1 fully saturated rings. The number of hydrogen-bond donors (Lipinski definition) is 28. The van der Waals surface area contributed by atoms with Crippen LogP contribution in [0.15, 0.2) is 0 Å². The molecule has 43 nitrogen and oxygen atoms in total. The van der Waals surface area contributed by atoms with Crippen LogP contribution < -0.4 is 126 Å². The van der Waals surface area contributed by atoms with Crippen LogP contribution in [0.1, 0.15) is 124 Å². The lowest BCUT2D eigenvalue weighted by molar-refractivity contribution is -0.144. The molecule has 1 heterocycles. The molecule has 0 aromatic heterocycles. The normalized spacial score (nSPS) is 17.4. The van der Waals surface area contributed by atoms with Crippen LogP contribution in [0.4, 0.5) is 0 Å². The van der Waals surface area contributed by atoms with E-state index in [0.29, 0.717) is 0 Å². The van der Waals surface area contributed by atoms with E-state index in [2.05, 4.69) is 74.4 Å². The predicted molar refractivity (Wildman–Crippen MR) is 343 cm³/mol. The highest BCUT2D eigenvalue weighted by Crippen LogP contribution is 2.14. The van der Waals surface area contributed by atoms with E-state index in [9.17, 15) is 97.5 Å². The number of carboxylic acid groups (broad SMARTS) is 2. The Bertz CT molecular complexity index is 2690. The Kier molecular flexibility index (Phi) is 40.4. The average Bonchev–Trinajstić information content (AvgIpc) is 1.02. The summed E-state index contributed by atoms with van der Waals surface area (Å²) in [4.78, 5) is 200. The lowest BCUT2D eigenvalue weighted by Crippen LogP contribution is -2.62. The molecule has 1 saturated heterocycles. The van der Waals surface area contributed by atoms with E-state index in [1.807, 2.05) is 0 Å². The van der Waals surface area contributed by atoms with E-state index in [-0.39, 0.29) is 71.0 Å². The van der Waals surface area contributed by atoms with Gasteiger partial charge in [0.05, 0.1) is 24.7 Å². The minimum atomic E-state index is -2.07. The van der Waals surface area contributed by atoms with Gasteiger partial charge >= 0.3 is 11.9 Å². The molecule has 98 heavy (non-hydrogen) atoms. The van der Waals surface area contributed by atoms with Gasteiger partial charge in [0.25, 0.3) is 0 Å². The summed E-state index contributed by atoms with van der Waals surface area (Å²) in [7, 11) is 0. The number of carboxylic acids is 2. The monoisotopic (exact) mass is 1410 g/mol. The van der Waals surface area contributed by atoms with Crippen LogP contribution in [0, 0.1) is 5.92 Å². The Morgan fingerprint density at radius 2 is 0.704 bits per heavy atom. The summed E-state index contributed by atoms with van der Waals surface area (Å²) < 4.78 is 0. The molecule has 0 unspecified atom stereocenters. The highest BCUT2D eigenvalue weighted by molar-refractivity contribution is 6.00. The van der Waals surface area contributed by atoms with Crippen LogP contribution in [0.5, 0.6) is 0 Å². The van der Waals surface area contributed by atoms with Crippen molar-refractivity contribution in [2.24, 2.45) is 57.5 Å². The SMILES string of the molecule is CC(C)[C@H](NC(=O)[C@H](CCC(N)=O)NC(=O)[C@@H](NC(=O)[C@H](CCC(=O)O)NC(=O)[C@H](CC(N)=O)NC(=O)[C@H](CCCNC(N)N)NC(=O)[C@H](CCC(N)=O)NC(=O)[C@H](CCCNC(N)N)NC(=O)[C@@H](NC(=O)[C@H](CCCNC(N)N)NC(=O)[C@@H]1CC[C@H](O)N1)[C@@H](C)O)[C@@H](C)O)C(=O)O.